The van der Waals surface area contributed by atoms with Crippen LogP contribution in [0.2, 0.25) is 0 Å². The first-order valence-electron chi connectivity index (χ1n) is 6.70. The van der Waals surface area contributed by atoms with Gasteiger partial charge in [-0.3, -0.25) is 9.59 Å². The van der Waals surface area contributed by atoms with Crippen molar-refractivity contribution in [3.63, 3.8) is 0 Å². The van der Waals surface area contributed by atoms with E-state index in [0.29, 0.717) is 13.1 Å². The largest absolute Gasteiger partial charge is 0.477 e. The zero-order valence-electron chi connectivity index (χ0n) is 11.9. The summed E-state index contributed by atoms with van der Waals surface area (Å²) < 4.78 is 0. The summed E-state index contributed by atoms with van der Waals surface area (Å²) in [7, 11) is 0. The van der Waals surface area contributed by atoms with Gasteiger partial charge in [0, 0.05) is 24.8 Å². The number of hydrogen-bond donors (Lipinski definition) is 2. The van der Waals surface area contributed by atoms with Crippen LogP contribution in [0.15, 0.2) is 18.3 Å². The fourth-order valence-electron chi connectivity index (χ4n) is 2.42. The Hall–Kier alpha value is -2.44. The summed E-state index contributed by atoms with van der Waals surface area (Å²) in [5, 5.41) is 11.7. The zero-order valence-corrected chi connectivity index (χ0v) is 11.9. The van der Waals surface area contributed by atoms with Crippen molar-refractivity contribution in [1.82, 2.24) is 15.2 Å². The number of rotatable bonds is 3. The number of nitrogens with zero attached hydrogens (tertiary/aromatic N) is 2. The highest BCUT2D eigenvalue weighted by Crippen LogP contribution is 2.17. The molecule has 2 rings (SSSR count). The molecule has 1 fully saturated rings. The molecule has 0 aliphatic carbocycles. The van der Waals surface area contributed by atoms with Crippen LogP contribution in [0.3, 0.4) is 0 Å². The number of carbonyl (C=O) groups is 3. The number of amides is 2. The molecule has 1 aliphatic heterocycles. The van der Waals surface area contributed by atoms with Crippen molar-refractivity contribution < 1.29 is 19.5 Å². The number of hydrogen-bond acceptors (Lipinski definition) is 4. The van der Waals surface area contributed by atoms with Crippen LogP contribution in [0, 0.1) is 5.92 Å². The molecule has 112 valence electrons. The molecule has 1 atom stereocenters. The Morgan fingerprint density at radius 2 is 2.19 bits per heavy atom. The normalized spacial score (nSPS) is 18.5. The molecule has 2 heterocycles. The number of carboxylic acids is 1. The summed E-state index contributed by atoms with van der Waals surface area (Å²) in [6.45, 7) is 4.53. The molecule has 0 bridgehead atoms. The van der Waals surface area contributed by atoms with Crippen LogP contribution < -0.4 is 5.32 Å². The SMILES string of the molecule is CC(C)C1C(=O)NCCN1C(=O)c1ccnc(C(=O)O)c1. The molecule has 1 saturated heterocycles. The predicted octanol–water partition coefficient (Wildman–Crippen LogP) is 0.376. The van der Waals surface area contributed by atoms with E-state index >= 15 is 0 Å². The lowest BCUT2D eigenvalue weighted by molar-refractivity contribution is -0.129. The van der Waals surface area contributed by atoms with E-state index in [4.69, 9.17) is 5.11 Å². The van der Waals surface area contributed by atoms with Crippen molar-refractivity contribution in [1.29, 1.82) is 0 Å². The van der Waals surface area contributed by atoms with Gasteiger partial charge in [0.2, 0.25) is 5.91 Å². The minimum atomic E-state index is -1.19. The Bertz CT molecular complexity index is 585. The minimum absolute atomic E-state index is 0.0324. The first kappa shape index (κ1) is 15.0. The predicted molar refractivity (Wildman–Crippen MR) is 73.9 cm³/mol. The molecule has 0 radical (unpaired) electrons. The van der Waals surface area contributed by atoms with Gasteiger partial charge in [-0.15, -0.1) is 0 Å². The summed E-state index contributed by atoms with van der Waals surface area (Å²) in [5.41, 5.74) is 0.0335. The summed E-state index contributed by atoms with van der Waals surface area (Å²) in [4.78, 5) is 40.6. The van der Waals surface area contributed by atoms with Crippen LogP contribution in [0.25, 0.3) is 0 Å². The monoisotopic (exact) mass is 291 g/mol. The Labute approximate surface area is 122 Å². The van der Waals surface area contributed by atoms with Gasteiger partial charge in [-0.25, -0.2) is 9.78 Å². The van der Waals surface area contributed by atoms with Crippen LogP contribution >= 0.6 is 0 Å². The number of aromatic carboxylic acids is 1. The summed E-state index contributed by atoms with van der Waals surface area (Å²) in [6.07, 6.45) is 1.28. The summed E-state index contributed by atoms with van der Waals surface area (Å²) in [5.74, 6) is -1.76. The first-order valence-corrected chi connectivity index (χ1v) is 6.70. The van der Waals surface area contributed by atoms with E-state index in [1.165, 1.54) is 23.2 Å². The highest BCUT2D eigenvalue weighted by Gasteiger charge is 2.35. The van der Waals surface area contributed by atoms with Gasteiger partial charge >= 0.3 is 5.97 Å². The van der Waals surface area contributed by atoms with Gasteiger partial charge in [-0.1, -0.05) is 13.8 Å². The lowest BCUT2D eigenvalue weighted by Crippen LogP contribution is -2.59. The third kappa shape index (κ3) is 3.01. The molecular weight excluding hydrogens is 274 g/mol. The van der Waals surface area contributed by atoms with E-state index in [-0.39, 0.29) is 29.0 Å². The summed E-state index contributed by atoms with van der Waals surface area (Å²) >= 11 is 0. The van der Waals surface area contributed by atoms with Crippen molar-refractivity contribution in [2.45, 2.75) is 19.9 Å². The first-order chi connectivity index (χ1) is 9.91. The molecule has 2 amide bonds. The van der Waals surface area contributed by atoms with Crippen LogP contribution in [0.4, 0.5) is 0 Å². The molecule has 0 saturated carbocycles. The average Bonchev–Trinajstić information content (AvgIpc) is 2.45. The molecule has 21 heavy (non-hydrogen) atoms. The van der Waals surface area contributed by atoms with E-state index in [1.807, 2.05) is 13.8 Å². The van der Waals surface area contributed by atoms with Crippen molar-refractivity contribution >= 4 is 17.8 Å². The number of aromatic nitrogens is 1. The number of carbonyl (C=O) groups excluding carboxylic acids is 2. The second kappa shape index (κ2) is 5.90. The second-order valence-electron chi connectivity index (χ2n) is 5.21. The van der Waals surface area contributed by atoms with Crippen LogP contribution in [-0.2, 0) is 4.79 Å². The van der Waals surface area contributed by atoms with Crippen molar-refractivity contribution in [3.05, 3.63) is 29.6 Å². The summed E-state index contributed by atoms with van der Waals surface area (Å²) in [6, 6.07) is 2.14. The van der Waals surface area contributed by atoms with Gasteiger partial charge in [0.05, 0.1) is 0 Å². The molecule has 7 heteroatoms. The maximum atomic E-state index is 12.6. The molecule has 2 N–H and O–H groups in total. The highest BCUT2D eigenvalue weighted by molar-refractivity contribution is 5.99. The number of carboxylic acid groups (broad SMARTS) is 1. The molecule has 0 spiro atoms. The van der Waals surface area contributed by atoms with E-state index < -0.39 is 12.0 Å². The molecule has 1 aromatic heterocycles. The molecule has 1 aromatic rings. The highest BCUT2D eigenvalue weighted by atomic mass is 16.4. The Morgan fingerprint density at radius 1 is 1.48 bits per heavy atom. The molecule has 1 unspecified atom stereocenters. The Morgan fingerprint density at radius 3 is 2.81 bits per heavy atom. The molecule has 7 nitrogen and oxygen atoms in total. The third-order valence-corrected chi connectivity index (χ3v) is 3.37. The van der Waals surface area contributed by atoms with Gasteiger partial charge in [-0.05, 0) is 18.1 Å². The lowest BCUT2D eigenvalue weighted by atomic mass is 9.98. The molecule has 0 aromatic carbocycles. The number of nitrogens with one attached hydrogen (secondary N) is 1. The lowest BCUT2D eigenvalue weighted by Gasteiger charge is -2.37. The fourth-order valence-corrected chi connectivity index (χ4v) is 2.42. The molecule has 1 aliphatic rings. The Balaban J connectivity index is 2.31. The van der Waals surface area contributed by atoms with Gasteiger partial charge in [0.1, 0.15) is 11.7 Å². The fraction of sp³-hybridized carbons (Fsp3) is 0.429. The topological polar surface area (TPSA) is 99.6 Å². The van der Waals surface area contributed by atoms with Crippen LogP contribution in [-0.4, -0.2) is 51.9 Å². The molecular formula is C14H17N3O4. The van der Waals surface area contributed by atoms with E-state index in [9.17, 15) is 14.4 Å². The van der Waals surface area contributed by atoms with E-state index in [0.717, 1.165) is 0 Å². The van der Waals surface area contributed by atoms with Crippen molar-refractivity contribution in [2.75, 3.05) is 13.1 Å². The average molecular weight is 291 g/mol. The Kier molecular flexibility index (Phi) is 4.21. The van der Waals surface area contributed by atoms with Crippen molar-refractivity contribution in [2.24, 2.45) is 5.92 Å². The standard InChI is InChI=1S/C14H17N3O4/c1-8(2)11-12(18)16-5-6-17(11)13(19)9-3-4-15-10(7-9)14(20)21/h3-4,7-8,11H,5-6H2,1-2H3,(H,16,18)(H,20,21). The second-order valence-corrected chi connectivity index (χ2v) is 5.21. The number of piperazine rings is 1. The van der Waals surface area contributed by atoms with E-state index in [1.54, 1.807) is 0 Å². The smallest absolute Gasteiger partial charge is 0.354 e. The van der Waals surface area contributed by atoms with Gasteiger partial charge < -0.3 is 15.3 Å². The van der Waals surface area contributed by atoms with Gasteiger partial charge in [0.25, 0.3) is 5.91 Å². The zero-order chi connectivity index (χ0) is 15.6. The van der Waals surface area contributed by atoms with Gasteiger partial charge in [-0.2, -0.15) is 0 Å². The van der Waals surface area contributed by atoms with Crippen LogP contribution in [0.5, 0.6) is 0 Å². The van der Waals surface area contributed by atoms with Crippen LogP contribution in [0.1, 0.15) is 34.7 Å². The quantitative estimate of drug-likeness (QED) is 0.838. The third-order valence-electron chi connectivity index (χ3n) is 3.37. The van der Waals surface area contributed by atoms with Gasteiger partial charge in [0.15, 0.2) is 0 Å². The van der Waals surface area contributed by atoms with E-state index in [2.05, 4.69) is 10.3 Å². The maximum absolute atomic E-state index is 12.6. The maximum Gasteiger partial charge on any atom is 0.354 e. The minimum Gasteiger partial charge on any atom is -0.477 e. The van der Waals surface area contributed by atoms with Crippen molar-refractivity contribution in [3.8, 4) is 0 Å². The number of pyridine rings is 1.